The van der Waals surface area contributed by atoms with Crippen LogP contribution in [0.1, 0.15) is 79.4 Å². The summed E-state index contributed by atoms with van der Waals surface area (Å²) < 4.78 is 64.3. The van der Waals surface area contributed by atoms with Gasteiger partial charge >= 0.3 is 6.18 Å². The molecule has 0 bridgehead atoms. The Bertz CT molecular complexity index is 1700. The molecule has 2 heterocycles. The molecule has 1 amide bonds. The highest BCUT2D eigenvalue weighted by Gasteiger charge is 2.40. The highest BCUT2D eigenvalue weighted by Crippen LogP contribution is 2.41. The van der Waals surface area contributed by atoms with E-state index in [2.05, 4.69) is 15.3 Å². The van der Waals surface area contributed by atoms with Crippen LogP contribution in [0, 0.1) is 18.6 Å². The molecule has 2 saturated carbocycles. The van der Waals surface area contributed by atoms with Gasteiger partial charge in [0.25, 0.3) is 11.1 Å². The molecule has 2 aromatic carbocycles. The number of carbonyl (C=O) groups excluding carboxylic acids is 2. The van der Waals surface area contributed by atoms with Crippen LogP contribution in [0.4, 0.5) is 22.0 Å². The first-order valence-electron chi connectivity index (χ1n) is 13.7. The second-order valence-electron chi connectivity index (χ2n) is 10.5. The summed E-state index contributed by atoms with van der Waals surface area (Å²) in [5.41, 5.74) is 9.60. The largest absolute Gasteiger partial charge is 0.434 e. The average Bonchev–Trinajstić information content (AvgIpc) is 3.63. The van der Waals surface area contributed by atoms with Crippen molar-refractivity contribution in [3.8, 4) is 0 Å². The van der Waals surface area contributed by atoms with Gasteiger partial charge in [0.1, 0.15) is 21.4 Å². The lowest BCUT2D eigenvalue weighted by Crippen LogP contribution is -2.45. The summed E-state index contributed by atoms with van der Waals surface area (Å²) in [6, 6.07) is 8.36. The van der Waals surface area contributed by atoms with Gasteiger partial charge in [0.15, 0.2) is 5.69 Å². The zero-order valence-electron chi connectivity index (χ0n) is 23.9. The minimum absolute atomic E-state index is 0.149. The Hall–Kier alpha value is -2.68. The van der Waals surface area contributed by atoms with E-state index in [4.69, 9.17) is 40.5 Å². The molecule has 6 nitrogen and oxygen atoms in total. The molecule has 2 aromatic heterocycles. The second-order valence-corrected chi connectivity index (χ2v) is 13.4. The fourth-order valence-corrected chi connectivity index (χ4v) is 7.12. The summed E-state index contributed by atoms with van der Waals surface area (Å²) in [6.45, 7) is 1.76. The van der Waals surface area contributed by atoms with Gasteiger partial charge in [0.05, 0.1) is 16.7 Å². The quantitative estimate of drug-likeness (QED) is 0.157. The first-order chi connectivity index (χ1) is 21.7. The van der Waals surface area contributed by atoms with Gasteiger partial charge in [-0.05, 0) is 79.6 Å². The molecule has 4 aromatic rings. The Balaban J connectivity index is 0.000000181. The highest BCUT2D eigenvalue weighted by atomic mass is 35.5. The number of aryl methyl sites for hydroxylation is 1. The molecule has 16 heteroatoms. The van der Waals surface area contributed by atoms with E-state index in [1.54, 1.807) is 18.5 Å². The maximum atomic E-state index is 13.1. The molecule has 2 aliphatic carbocycles. The Morgan fingerprint density at radius 1 is 0.870 bits per heavy atom. The minimum Gasteiger partial charge on any atom is -0.348 e. The number of carbonyl (C=O) groups is 2. The predicted octanol–water partition coefficient (Wildman–Crippen LogP) is 9.14. The van der Waals surface area contributed by atoms with Crippen LogP contribution in [0.15, 0.2) is 47.4 Å². The lowest BCUT2D eigenvalue weighted by Gasteiger charge is -2.38. The van der Waals surface area contributed by atoms with Gasteiger partial charge in [0, 0.05) is 34.0 Å². The summed E-state index contributed by atoms with van der Waals surface area (Å²) in [7, 11) is 0. The number of nitrogens with zero attached hydrogens (tertiary/aromatic N) is 2. The van der Waals surface area contributed by atoms with E-state index in [0.29, 0.717) is 51.3 Å². The third-order valence-electron chi connectivity index (χ3n) is 7.61. The monoisotopic (exact) mass is 738 g/mol. The maximum Gasteiger partial charge on any atom is 0.434 e. The smallest absolute Gasteiger partial charge is 0.348 e. The molecule has 0 spiro atoms. The van der Waals surface area contributed by atoms with Crippen molar-refractivity contribution in [1.29, 1.82) is 0 Å². The molecule has 0 saturated heterocycles. The number of alkyl halides is 3. The van der Waals surface area contributed by atoms with Gasteiger partial charge in [-0.25, -0.2) is 18.7 Å². The van der Waals surface area contributed by atoms with Crippen LogP contribution in [0.2, 0.25) is 10.0 Å². The number of hydrogen-bond donors (Lipinski definition) is 2. The summed E-state index contributed by atoms with van der Waals surface area (Å²) >= 11 is 19.0. The molecule has 46 heavy (non-hydrogen) atoms. The topological polar surface area (TPSA) is 98.0 Å². The van der Waals surface area contributed by atoms with Crippen LogP contribution in [0.3, 0.4) is 0 Å². The predicted molar refractivity (Wildman–Crippen MR) is 170 cm³/mol. The van der Waals surface area contributed by atoms with E-state index in [9.17, 15) is 31.5 Å². The van der Waals surface area contributed by atoms with Crippen molar-refractivity contribution in [2.45, 2.75) is 62.7 Å². The first kappa shape index (κ1) is 36.2. The number of nitrogens with two attached hydrogens (primary N) is 1. The number of benzene rings is 2. The Kier molecular flexibility index (Phi) is 12.2. The van der Waals surface area contributed by atoms with Gasteiger partial charge in [-0.15, -0.1) is 22.7 Å². The van der Waals surface area contributed by atoms with Gasteiger partial charge in [-0.2, -0.15) is 13.2 Å². The van der Waals surface area contributed by atoms with E-state index >= 15 is 0 Å². The standard InChI is InChI=1S/C15H11ClF4N2OS.C10H11ClFN.C5H4ClNOS/c16-10-5-7(17)1-2-8(10)9-3-4-11(9)22-14(23)12-13(15(18,19)20)21-6-24-12;11-9-5-6(12)1-2-7(9)8-3-4-10(8)13;1-3-4(5(6)8)9-2-7-3/h1-2,5-6,9,11H,3-4H2,(H,22,23);1-2,5,8,10H,3-4,13H2;2H,1H3/t9-,11-;8-,10-;/m00./s1. The maximum absolute atomic E-state index is 13.1. The van der Waals surface area contributed by atoms with Crippen LogP contribution >= 0.6 is 57.5 Å². The first-order valence-corrected chi connectivity index (χ1v) is 16.6. The zero-order valence-corrected chi connectivity index (χ0v) is 27.8. The minimum atomic E-state index is -4.67. The third-order valence-corrected chi connectivity index (χ3v) is 10.3. The molecule has 2 fully saturated rings. The second kappa shape index (κ2) is 15.5. The van der Waals surface area contributed by atoms with Crippen LogP contribution in [0.5, 0.6) is 0 Å². The molecule has 0 aliphatic heterocycles. The van der Waals surface area contributed by atoms with Crippen molar-refractivity contribution in [3.05, 3.63) is 101 Å². The van der Waals surface area contributed by atoms with Crippen molar-refractivity contribution < 1.29 is 31.5 Å². The van der Waals surface area contributed by atoms with Crippen LogP contribution in [0.25, 0.3) is 0 Å². The summed E-state index contributed by atoms with van der Waals surface area (Å²) in [5.74, 6) is -1.39. The third kappa shape index (κ3) is 8.81. The highest BCUT2D eigenvalue weighted by molar-refractivity contribution is 7.13. The van der Waals surface area contributed by atoms with E-state index in [1.165, 1.54) is 41.7 Å². The summed E-state index contributed by atoms with van der Waals surface area (Å²) in [5, 5.41) is 2.92. The lowest BCUT2D eigenvalue weighted by atomic mass is 9.75. The number of rotatable bonds is 5. The zero-order chi connectivity index (χ0) is 33.8. The van der Waals surface area contributed by atoms with E-state index in [1.807, 2.05) is 0 Å². The van der Waals surface area contributed by atoms with Crippen molar-refractivity contribution in [2.24, 2.45) is 5.73 Å². The molecule has 0 radical (unpaired) electrons. The molecular weight excluding hydrogens is 714 g/mol. The number of thiazole rings is 2. The van der Waals surface area contributed by atoms with E-state index in [-0.39, 0.29) is 28.8 Å². The van der Waals surface area contributed by atoms with Gasteiger partial charge in [-0.1, -0.05) is 35.3 Å². The molecule has 0 unspecified atom stereocenters. The number of aromatic nitrogens is 2. The normalized spacial score (nSPS) is 20.2. The SMILES string of the molecule is Cc1ncsc1C(=O)Cl.N[C@H]1CC[C@H]1c1ccc(F)cc1Cl.O=C(N[C@H]1CC[C@H]1c1ccc(F)cc1Cl)c1scnc1C(F)(F)F. The van der Waals surface area contributed by atoms with Crippen LogP contribution in [-0.2, 0) is 6.18 Å². The Morgan fingerprint density at radius 3 is 1.80 bits per heavy atom. The Morgan fingerprint density at radius 2 is 1.41 bits per heavy atom. The fourth-order valence-electron chi connectivity index (χ4n) is 4.90. The van der Waals surface area contributed by atoms with Gasteiger partial charge in [0.2, 0.25) is 0 Å². The summed E-state index contributed by atoms with van der Waals surface area (Å²) in [6.07, 6.45) is -1.24. The van der Waals surface area contributed by atoms with E-state index in [0.717, 1.165) is 23.9 Å². The molecule has 3 N–H and O–H groups in total. The van der Waals surface area contributed by atoms with Crippen molar-refractivity contribution in [3.63, 3.8) is 0 Å². The fraction of sp³-hybridized carbons (Fsp3) is 0.333. The molecule has 2 aliphatic rings. The van der Waals surface area contributed by atoms with Gasteiger partial charge < -0.3 is 11.1 Å². The van der Waals surface area contributed by atoms with Crippen LogP contribution in [-0.4, -0.2) is 33.2 Å². The van der Waals surface area contributed by atoms with Gasteiger partial charge in [-0.3, -0.25) is 9.59 Å². The number of nitrogens with one attached hydrogen (secondary N) is 1. The molecule has 6 rings (SSSR count). The van der Waals surface area contributed by atoms with Crippen molar-refractivity contribution in [2.75, 3.05) is 0 Å². The lowest BCUT2D eigenvalue weighted by molar-refractivity contribution is -0.141. The average molecular weight is 740 g/mol. The number of halogens is 8. The van der Waals surface area contributed by atoms with Crippen LogP contribution < -0.4 is 11.1 Å². The molecule has 246 valence electrons. The number of hydrogen-bond acceptors (Lipinski definition) is 7. The Labute approximate surface area is 284 Å². The van der Waals surface area contributed by atoms with Crippen molar-refractivity contribution in [1.82, 2.24) is 15.3 Å². The van der Waals surface area contributed by atoms with Crippen molar-refractivity contribution >= 4 is 68.6 Å². The van der Waals surface area contributed by atoms with E-state index < -0.39 is 33.7 Å². The molecule has 4 atom stereocenters. The number of amides is 1. The molecular formula is C30H26Cl3F5N4O2S2. The summed E-state index contributed by atoms with van der Waals surface area (Å²) in [4.78, 5) is 29.8.